The summed E-state index contributed by atoms with van der Waals surface area (Å²) in [5.41, 5.74) is -1.43. The molecule has 0 saturated heterocycles. The van der Waals surface area contributed by atoms with Crippen LogP contribution >= 0.6 is 0 Å². The molecule has 5 nitrogen and oxygen atoms in total. The van der Waals surface area contributed by atoms with Crippen LogP contribution in [0.5, 0.6) is 0 Å². The highest BCUT2D eigenvalue weighted by Crippen LogP contribution is 2.32. The molecule has 6 heteroatoms. The van der Waals surface area contributed by atoms with Crippen molar-refractivity contribution < 1.29 is 22.8 Å². The minimum atomic E-state index is -2.50. The molecule has 1 aliphatic rings. The maximum Gasteiger partial charge on any atom is 0.337 e. The van der Waals surface area contributed by atoms with Gasteiger partial charge in [0.05, 0.1) is 0 Å². The summed E-state index contributed by atoms with van der Waals surface area (Å²) in [7, 11) is 0. The second-order valence-electron chi connectivity index (χ2n) is 3.16. The monoisotopic (exact) mass is 208 g/mol. The molecule has 0 spiro atoms. The van der Waals surface area contributed by atoms with Crippen LogP contribution in [-0.4, -0.2) is 25.4 Å². The highest BCUT2D eigenvalue weighted by Gasteiger charge is 2.42. The van der Waals surface area contributed by atoms with Crippen LogP contribution in [0.2, 0.25) is 0 Å². The van der Waals surface area contributed by atoms with Crippen LogP contribution in [-0.2, 0) is 20.3 Å². The van der Waals surface area contributed by atoms with Gasteiger partial charge in [-0.2, -0.15) is 4.21 Å². The molecule has 1 saturated carbocycles. The molecule has 1 aliphatic carbocycles. The van der Waals surface area contributed by atoms with E-state index in [-0.39, 0.29) is 0 Å². The van der Waals surface area contributed by atoms with Gasteiger partial charge in [0, 0.05) is 0 Å². The van der Waals surface area contributed by atoms with E-state index >= 15 is 0 Å². The zero-order chi connectivity index (χ0) is 9.90. The molecular weight excluding hydrogens is 196 g/mol. The first-order valence-electron chi connectivity index (χ1n) is 4.10. The number of rotatable bonds is 3. The van der Waals surface area contributed by atoms with Gasteiger partial charge >= 0.3 is 17.3 Å². The van der Waals surface area contributed by atoms with Gasteiger partial charge in [-0.3, -0.25) is 4.55 Å². The molecule has 0 bridgehead atoms. The van der Waals surface area contributed by atoms with Crippen LogP contribution in [0.15, 0.2) is 0 Å². The van der Waals surface area contributed by atoms with Crippen LogP contribution < -0.4 is 0 Å². The van der Waals surface area contributed by atoms with E-state index in [1.54, 1.807) is 0 Å². The first-order valence-corrected chi connectivity index (χ1v) is 5.14. The Morgan fingerprint density at radius 1 is 1.31 bits per heavy atom. The molecule has 76 valence electrons. The molecule has 0 aromatic carbocycles. The first-order chi connectivity index (χ1) is 6.07. The maximum absolute atomic E-state index is 10.8. The van der Waals surface area contributed by atoms with Gasteiger partial charge in [-0.1, -0.05) is 6.42 Å². The summed E-state index contributed by atoms with van der Waals surface area (Å²) in [4.78, 5) is 10.8. The summed E-state index contributed by atoms with van der Waals surface area (Å²) in [5, 5.41) is 8.87. The molecule has 1 atom stereocenters. The predicted octanol–water partition coefficient (Wildman–Crippen LogP) is 0.927. The third kappa shape index (κ3) is 2.49. The van der Waals surface area contributed by atoms with Crippen molar-refractivity contribution in [2.24, 2.45) is 0 Å². The van der Waals surface area contributed by atoms with Crippen molar-refractivity contribution in [1.82, 2.24) is 0 Å². The second-order valence-corrected chi connectivity index (χ2v) is 3.76. The van der Waals surface area contributed by atoms with E-state index in [4.69, 9.17) is 9.66 Å². The molecule has 13 heavy (non-hydrogen) atoms. The quantitative estimate of drug-likeness (QED) is 0.674. The number of hydrogen-bond acceptors (Lipinski definition) is 3. The van der Waals surface area contributed by atoms with Crippen LogP contribution in [0, 0.1) is 0 Å². The Morgan fingerprint density at radius 2 is 1.85 bits per heavy atom. The molecule has 0 heterocycles. The van der Waals surface area contributed by atoms with Crippen molar-refractivity contribution in [3.05, 3.63) is 0 Å². The fourth-order valence-electron chi connectivity index (χ4n) is 1.59. The Labute approximate surface area is 78.6 Å². The zero-order valence-electron chi connectivity index (χ0n) is 7.06. The predicted molar refractivity (Wildman–Crippen MR) is 45.3 cm³/mol. The highest BCUT2D eigenvalue weighted by molar-refractivity contribution is 7.74. The van der Waals surface area contributed by atoms with E-state index < -0.39 is 22.9 Å². The molecule has 0 aromatic rings. The van der Waals surface area contributed by atoms with Crippen LogP contribution in [0.4, 0.5) is 0 Å². The number of carboxylic acid groups (broad SMARTS) is 1. The SMILES string of the molecule is O=C(O)C1(OS(=O)O)CCCCC1. The lowest BCUT2D eigenvalue weighted by molar-refractivity contribution is -0.157. The maximum atomic E-state index is 10.8. The molecular formula is C7H12O5S. The van der Waals surface area contributed by atoms with Crippen LogP contribution in [0.1, 0.15) is 32.1 Å². The molecule has 1 rings (SSSR count). The second kappa shape index (κ2) is 4.17. The number of carboxylic acids is 1. The Balaban J connectivity index is 2.73. The van der Waals surface area contributed by atoms with E-state index in [1.807, 2.05) is 0 Å². The summed E-state index contributed by atoms with van der Waals surface area (Å²) in [6, 6.07) is 0. The summed E-state index contributed by atoms with van der Waals surface area (Å²) in [6.45, 7) is 0. The largest absolute Gasteiger partial charge is 0.479 e. The van der Waals surface area contributed by atoms with Gasteiger partial charge in [-0.25, -0.2) is 8.98 Å². The molecule has 2 N–H and O–H groups in total. The van der Waals surface area contributed by atoms with E-state index in [1.165, 1.54) is 0 Å². The van der Waals surface area contributed by atoms with Gasteiger partial charge in [0.15, 0.2) is 5.60 Å². The molecule has 1 unspecified atom stereocenters. The lowest BCUT2D eigenvalue weighted by atomic mass is 9.85. The van der Waals surface area contributed by atoms with Crippen molar-refractivity contribution in [2.75, 3.05) is 0 Å². The smallest absolute Gasteiger partial charge is 0.337 e. The normalized spacial score (nSPS) is 23.8. The zero-order valence-corrected chi connectivity index (χ0v) is 7.88. The minimum absolute atomic E-state index is 0.314. The van der Waals surface area contributed by atoms with E-state index in [2.05, 4.69) is 4.18 Å². The minimum Gasteiger partial charge on any atom is -0.479 e. The van der Waals surface area contributed by atoms with E-state index in [0.717, 1.165) is 19.3 Å². The summed E-state index contributed by atoms with van der Waals surface area (Å²) in [6.07, 6.45) is 3.03. The third-order valence-electron chi connectivity index (χ3n) is 2.28. The van der Waals surface area contributed by atoms with Gasteiger partial charge in [-0.15, -0.1) is 0 Å². The number of aliphatic carboxylic acids is 1. The molecule has 0 radical (unpaired) electrons. The Bertz CT molecular complexity index is 221. The molecule has 1 fully saturated rings. The van der Waals surface area contributed by atoms with Crippen LogP contribution in [0.25, 0.3) is 0 Å². The third-order valence-corrected chi connectivity index (χ3v) is 2.74. The number of carbonyl (C=O) groups is 1. The average molecular weight is 208 g/mol. The van der Waals surface area contributed by atoms with Gasteiger partial charge in [0.1, 0.15) is 0 Å². The van der Waals surface area contributed by atoms with Crippen LogP contribution in [0.3, 0.4) is 0 Å². The topological polar surface area (TPSA) is 83.8 Å². The van der Waals surface area contributed by atoms with Gasteiger partial charge in [0.2, 0.25) is 0 Å². The van der Waals surface area contributed by atoms with Gasteiger partial charge in [-0.05, 0) is 25.7 Å². The Morgan fingerprint density at radius 3 is 2.23 bits per heavy atom. The average Bonchev–Trinajstić information content (AvgIpc) is 2.04. The fraction of sp³-hybridized carbons (Fsp3) is 0.857. The number of hydrogen-bond donors (Lipinski definition) is 2. The first kappa shape index (κ1) is 10.6. The standard InChI is InChI=1S/C7H12O5S/c8-6(9)7(12-13(10)11)4-2-1-3-5-7/h1-5H2,(H,8,9)(H,10,11). The lowest BCUT2D eigenvalue weighted by Gasteiger charge is -2.30. The van der Waals surface area contributed by atoms with Crippen molar-refractivity contribution in [2.45, 2.75) is 37.7 Å². The fourth-order valence-corrected chi connectivity index (χ4v) is 2.10. The summed E-state index contributed by atoms with van der Waals surface area (Å²) >= 11 is -2.50. The Kier molecular flexibility index (Phi) is 3.40. The van der Waals surface area contributed by atoms with Crippen molar-refractivity contribution in [3.8, 4) is 0 Å². The molecule has 0 aromatic heterocycles. The molecule has 0 amide bonds. The van der Waals surface area contributed by atoms with E-state index in [9.17, 15) is 9.00 Å². The van der Waals surface area contributed by atoms with Crippen molar-refractivity contribution >= 4 is 17.3 Å². The van der Waals surface area contributed by atoms with Gasteiger partial charge < -0.3 is 5.11 Å². The summed E-state index contributed by atoms with van der Waals surface area (Å²) in [5.74, 6) is -1.14. The van der Waals surface area contributed by atoms with E-state index in [0.29, 0.717) is 12.8 Å². The van der Waals surface area contributed by atoms with Crippen molar-refractivity contribution in [1.29, 1.82) is 0 Å². The van der Waals surface area contributed by atoms with Crippen molar-refractivity contribution in [3.63, 3.8) is 0 Å². The Hall–Kier alpha value is -0.460. The summed E-state index contributed by atoms with van der Waals surface area (Å²) < 4.78 is 23.5. The molecule has 0 aliphatic heterocycles. The lowest BCUT2D eigenvalue weighted by Crippen LogP contribution is -2.43. The highest BCUT2D eigenvalue weighted by atomic mass is 32.2. The van der Waals surface area contributed by atoms with Gasteiger partial charge in [0.25, 0.3) is 0 Å².